The molecule has 0 amide bonds. The predicted molar refractivity (Wildman–Crippen MR) is 77.0 cm³/mol. The topological polar surface area (TPSA) is 89.9 Å². The summed E-state index contributed by atoms with van der Waals surface area (Å²) >= 11 is 0. The second-order valence-electron chi connectivity index (χ2n) is 4.51. The fourth-order valence-electron chi connectivity index (χ4n) is 2.05. The SMILES string of the molecule is Cc1cc(OC=O)cc(-c2cc(OC=O)cc(C(=O)O)c2)c1. The first-order valence-corrected chi connectivity index (χ1v) is 6.24. The zero-order valence-electron chi connectivity index (χ0n) is 11.6. The maximum Gasteiger partial charge on any atom is 0.335 e. The van der Waals surface area contributed by atoms with E-state index in [1.165, 1.54) is 18.2 Å². The van der Waals surface area contributed by atoms with Gasteiger partial charge < -0.3 is 14.6 Å². The molecule has 22 heavy (non-hydrogen) atoms. The molecule has 2 aromatic rings. The summed E-state index contributed by atoms with van der Waals surface area (Å²) in [6, 6.07) is 9.27. The quantitative estimate of drug-likeness (QED) is 0.824. The van der Waals surface area contributed by atoms with E-state index in [1.807, 2.05) is 6.92 Å². The third-order valence-electron chi connectivity index (χ3n) is 2.91. The number of hydrogen-bond acceptors (Lipinski definition) is 5. The van der Waals surface area contributed by atoms with Gasteiger partial charge in [-0.2, -0.15) is 0 Å². The van der Waals surface area contributed by atoms with Crippen molar-refractivity contribution in [3.63, 3.8) is 0 Å². The molecule has 0 unspecified atom stereocenters. The lowest BCUT2D eigenvalue weighted by Gasteiger charge is -2.09. The molecule has 0 fully saturated rings. The molecule has 2 aromatic carbocycles. The number of aromatic carboxylic acids is 1. The Morgan fingerprint density at radius 3 is 2.00 bits per heavy atom. The maximum atomic E-state index is 11.2. The number of rotatable bonds is 6. The van der Waals surface area contributed by atoms with Crippen molar-refractivity contribution >= 4 is 18.9 Å². The number of aryl methyl sites for hydroxylation is 1. The summed E-state index contributed by atoms with van der Waals surface area (Å²) in [7, 11) is 0. The predicted octanol–water partition coefficient (Wildman–Crippen LogP) is 2.43. The van der Waals surface area contributed by atoms with E-state index in [4.69, 9.17) is 14.6 Å². The molecule has 1 N–H and O–H groups in total. The van der Waals surface area contributed by atoms with Crippen molar-refractivity contribution in [3.8, 4) is 22.6 Å². The Morgan fingerprint density at radius 2 is 1.45 bits per heavy atom. The molecule has 0 atom stereocenters. The number of carboxylic acids is 1. The van der Waals surface area contributed by atoms with Crippen LogP contribution in [0.3, 0.4) is 0 Å². The Kier molecular flexibility index (Phi) is 4.53. The summed E-state index contributed by atoms with van der Waals surface area (Å²) in [5.74, 6) is -0.692. The van der Waals surface area contributed by atoms with Crippen molar-refractivity contribution < 1.29 is 29.0 Å². The lowest BCUT2D eigenvalue weighted by Crippen LogP contribution is -1.99. The third-order valence-corrected chi connectivity index (χ3v) is 2.91. The molecule has 2 rings (SSSR count). The monoisotopic (exact) mass is 300 g/mol. The maximum absolute atomic E-state index is 11.2. The lowest BCUT2D eigenvalue weighted by atomic mass is 10.0. The number of ether oxygens (including phenoxy) is 2. The van der Waals surface area contributed by atoms with E-state index in [9.17, 15) is 14.4 Å². The molecule has 0 aliphatic rings. The van der Waals surface area contributed by atoms with Crippen LogP contribution < -0.4 is 9.47 Å². The molecule has 0 saturated heterocycles. The zero-order valence-corrected chi connectivity index (χ0v) is 11.6. The molecular formula is C16H12O6. The Labute approximate surface area is 125 Å². The van der Waals surface area contributed by atoms with Crippen LogP contribution in [0.25, 0.3) is 11.1 Å². The first-order valence-electron chi connectivity index (χ1n) is 6.24. The van der Waals surface area contributed by atoms with Gasteiger partial charge in [0.1, 0.15) is 11.5 Å². The van der Waals surface area contributed by atoms with Gasteiger partial charge in [0.15, 0.2) is 0 Å². The summed E-state index contributed by atoms with van der Waals surface area (Å²) in [6.45, 7) is 2.35. The van der Waals surface area contributed by atoms with Crippen molar-refractivity contribution in [3.05, 3.63) is 47.5 Å². The Bertz CT molecular complexity index is 735. The van der Waals surface area contributed by atoms with Crippen LogP contribution in [0.5, 0.6) is 11.5 Å². The highest BCUT2D eigenvalue weighted by Gasteiger charge is 2.11. The van der Waals surface area contributed by atoms with E-state index in [2.05, 4.69) is 0 Å². The minimum atomic E-state index is -1.14. The fraction of sp³-hybridized carbons (Fsp3) is 0.0625. The minimum Gasteiger partial charge on any atom is -0.478 e. The Hall–Kier alpha value is -3.15. The number of carbonyl (C=O) groups is 3. The molecule has 0 radical (unpaired) electrons. The molecular weight excluding hydrogens is 288 g/mol. The molecule has 0 heterocycles. The fourth-order valence-corrected chi connectivity index (χ4v) is 2.05. The summed E-state index contributed by atoms with van der Waals surface area (Å²) < 4.78 is 9.56. The first kappa shape index (κ1) is 15.2. The second-order valence-corrected chi connectivity index (χ2v) is 4.51. The van der Waals surface area contributed by atoms with E-state index < -0.39 is 5.97 Å². The van der Waals surface area contributed by atoms with E-state index in [0.717, 1.165) is 5.56 Å². The second kappa shape index (κ2) is 6.53. The Morgan fingerprint density at radius 1 is 0.909 bits per heavy atom. The van der Waals surface area contributed by atoms with Gasteiger partial charge in [-0.05, 0) is 53.9 Å². The van der Waals surface area contributed by atoms with Gasteiger partial charge in [0.2, 0.25) is 0 Å². The van der Waals surface area contributed by atoms with Crippen molar-refractivity contribution in [2.24, 2.45) is 0 Å². The van der Waals surface area contributed by atoms with Crippen LogP contribution >= 0.6 is 0 Å². The summed E-state index contributed by atoms with van der Waals surface area (Å²) in [5.41, 5.74) is 1.97. The highest BCUT2D eigenvalue weighted by molar-refractivity contribution is 5.90. The van der Waals surface area contributed by atoms with E-state index >= 15 is 0 Å². The summed E-state index contributed by atoms with van der Waals surface area (Å²) in [5, 5.41) is 9.13. The zero-order chi connectivity index (χ0) is 16.1. The molecule has 0 bridgehead atoms. The third kappa shape index (κ3) is 3.49. The van der Waals surface area contributed by atoms with Crippen molar-refractivity contribution in [1.29, 1.82) is 0 Å². The van der Waals surface area contributed by atoms with Crippen molar-refractivity contribution in [2.45, 2.75) is 6.92 Å². The number of hydrogen-bond donors (Lipinski definition) is 1. The van der Waals surface area contributed by atoms with Gasteiger partial charge in [0, 0.05) is 0 Å². The molecule has 112 valence electrons. The average molecular weight is 300 g/mol. The van der Waals surface area contributed by atoms with Crippen molar-refractivity contribution in [2.75, 3.05) is 0 Å². The highest BCUT2D eigenvalue weighted by Crippen LogP contribution is 2.30. The van der Waals surface area contributed by atoms with E-state index in [0.29, 0.717) is 23.3 Å². The smallest absolute Gasteiger partial charge is 0.335 e. The standard InChI is InChI=1S/C16H12O6/c1-10-2-11(5-14(3-10)21-8-17)12-4-13(16(19)20)7-15(6-12)22-9-18/h2-9H,1H3,(H,19,20). The molecule has 0 aliphatic heterocycles. The summed E-state index contributed by atoms with van der Waals surface area (Å²) in [4.78, 5) is 32.1. The summed E-state index contributed by atoms with van der Waals surface area (Å²) in [6.07, 6.45) is 0. The molecule has 0 spiro atoms. The number of benzene rings is 2. The van der Waals surface area contributed by atoms with Crippen molar-refractivity contribution in [1.82, 2.24) is 0 Å². The lowest BCUT2D eigenvalue weighted by molar-refractivity contribution is -0.121. The number of carboxylic acid groups (broad SMARTS) is 1. The molecule has 0 saturated carbocycles. The number of carbonyl (C=O) groups excluding carboxylic acids is 2. The molecule has 6 heteroatoms. The first-order chi connectivity index (χ1) is 10.5. The van der Waals surface area contributed by atoms with E-state index in [-0.39, 0.29) is 17.8 Å². The van der Waals surface area contributed by atoms with Gasteiger partial charge in [0.25, 0.3) is 12.9 Å². The largest absolute Gasteiger partial charge is 0.478 e. The van der Waals surface area contributed by atoms with E-state index in [1.54, 1.807) is 18.2 Å². The van der Waals surface area contributed by atoms with Gasteiger partial charge in [-0.15, -0.1) is 0 Å². The van der Waals surface area contributed by atoms with Gasteiger partial charge >= 0.3 is 5.97 Å². The molecule has 0 aliphatic carbocycles. The average Bonchev–Trinajstić information content (AvgIpc) is 2.47. The van der Waals surface area contributed by atoms with Crippen LogP contribution in [-0.2, 0) is 9.59 Å². The Balaban J connectivity index is 2.57. The highest BCUT2D eigenvalue weighted by atomic mass is 16.5. The van der Waals surface area contributed by atoms with Crippen LogP contribution in [-0.4, -0.2) is 24.0 Å². The normalized spacial score (nSPS) is 9.86. The van der Waals surface area contributed by atoms with Gasteiger partial charge in [-0.3, -0.25) is 9.59 Å². The van der Waals surface area contributed by atoms with Crippen LogP contribution in [0.15, 0.2) is 36.4 Å². The van der Waals surface area contributed by atoms with Crippen LogP contribution in [0.2, 0.25) is 0 Å². The minimum absolute atomic E-state index is 0.0197. The van der Waals surface area contributed by atoms with Gasteiger partial charge in [0.05, 0.1) is 5.56 Å². The van der Waals surface area contributed by atoms with Crippen LogP contribution in [0, 0.1) is 6.92 Å². The molecule has 0 aromatic heterocycles. The van der Waals surface area contributed by atoms with Crippen LogP contribution in [0.1, 0.15) is 15.9 Å². The molecule has 6 nitrogen and oxygen atoms in total. The van der Waals surface area contributed by atoms with Crippen LogP contribution in [0.4, 0.5) is 0 Å². The van der Waals surface area contributed by atoms with Gasteiger partial charge in [-0.1, -0.05) is 6.07 Å². The van der Waals surface area contributed by atoms with Gasteiger partial charge in [-0.25, -0.2) is 4.79 Å².